The molecule has 6 rings (SSSR count). The molecule has 0 aliphatic rings. The Hall–Kier alpha value is -3.71. The summed E-state index contributed by atoms with van der Waals surface area (Å²) in [4.78, 5) is 4.35. The maximum atomic E-state index is 11.2. The second-order valence-corrected chi connectivity index (χ2v) is 9.28. The number of benzene rings is 3. The van der Waals surface area contributed by atoms with Gasteiger partial charge in [0.1, 0.15) is 6.10 Å². The smallest absolute Gasteiger partial charge is 0.104 e. The van der Waals surface area contributed by atoms with Gasteiger partial charge in [-0.1, -0.05) is 58.7 Å². The Morgan fingerprint density at radius 1 is 0.829 bits per heavy atom. The van der Waals surface area contributed by atoms with Crippen LogP contribution in [0.1, 0.15) is 17.2 Å². The lowest BCUT2D eigenvalue weighted by molar-refractivity contribution is 0.220. The van der Waals surface area contributed by atoms with Gasteiger partial charge in [-0.2, -0.15) is 0 Å². The molecule has 0 bridgehead atoms. The third kappa shape index (κ3) is 3.67. The number of fused-ring (bicyclic) bond motifs is 3. The van der Waals surface area contributed by atoms with Crippen molar-refractivity contribution in [3.63, 3.8) is 0 Å². The van der Waals surface area contributed by atoms with Gasteiger partial charge in [0.2, 0.25) is 0 Å². The number of aliphatic hydroxyl groups excluding tert-OH is 1. The number of hydrogen-bond acceptors (Lipinski definition) is 4. The van der Waals surface area contributed by atoms with Crippen LogP contribution in [-0.4, -0.2) is 29.5 Å². The SMILES string of the molecule is Cn1cncc1-c1c(-c2cccc(Cl)c2)c2cc(C(O)c3ccc(Cl)cc3)ccc2n2nncc12. The third-order valence-corrected chi connectivity index (χ3v) is 6.75. The summed E-state index contributed by atoms with van der Waals surface area (Å²) >= 11 is 12.5. The van der Waals surface area contributed by atoms with Crippen molar-refractivity contribution >= 4 is 39.6 Å². The fraction of sp³-hybridized carbons (Fsp3) is 0.0741. The minimum atomic E-state index is -0.824. The fourth-order valence-corrected chi connectivity index (χ4v) is 4.91. The molecule has 6 aromatic rings. The minimum Gasteiger partial charge on any atom is -0.384 e. The van der Waals surface area contributed by atoms with Crippen molar-refractivity contribution in [2.24, 2.45) is 7.05 Å². The summed E-state index contributed by atoms with van der Waals surface area (Å²) in [5, 5.41) is 22.0. The lowest BCUT2D eigenvalue weighted by Crippen LogP contribution is -2.03. The average Bonchev–Trinajstić information content (AvgIpc) is 3.52. The van der Waals surface area contributed by atoms with E-state index in [1.54, 1.807) is 24.7 Å². The van der Waals surface area contributed by atoms with Crippen molar-refractivity contribution in [1.82, 2.24) is 24.4 Å². The predicted molar refractivity (Wildman–Crippen MR) is 139 cm³/mol. The molecule has 3 aromatic heterocycles. The zero-order valence-electron chi connectivity index (χ0n) is 18.6. The highest BCUT2D eigenvalue weighted by Gasteiger charge is 2.22. The molecule has 0 saturated heterocycles. The molecule has 0 aliphatic heterocycles. The van der Waals surface area contributed by atoms with Gasteiger partial charge in [-0.25, -0.2) is 9.50 Å². The molecule has 3 aromatic carbocycles. The second kappa shape index (κ2) is 8.50. The fourth-order valence-electron chi connectivity index (χ4n) is 4.59. The van der Waals surface area contributed by atoms with E-state index in [0.29, 0.717) is 10.0 Å². The van der Waals surface area contributed by atoms with Crippen molar-refractivity contribution in [3.8, 4) is 22.4 Å². The molecule has 0 saturated carbocycles. The topological polar surface area (TPSA) is 68.2 Å². The third-order valence-electron chi connectivity index (χ3n) is 6.26. The molecular formula is C27H19Cl2N5O. The van der Waals surface area contributed by atoms with Crippen molar-refractivity contribution in [2.75, 3.05) is 0 Å². The molecule has 0 fully saturated rings. The van der Waals surface area contributed by atoms with E-state index in [2.05, 4.69) is 15.3 Å². The van der Waals surface area contributed by atoms with Crippen LogP contribution in [0.15, 0.2) is 85.5 Å². The molecule has 1 atom stereocenters. The van der Waals surface area contributed by atoms with Gasteiger partial charge in [0.15, 0.2) is 0 Å². The first-order valence-electron chi connectivity index (χ1n) is 11.0. The Morgan fingerprint density at radius 2 is 1.63 bits per heavy atom. The first kappa shape index (κ1) is 21.8. The summed E-state index contributed by atoms with van der Waals surface area (Å²) in [5.41, 5.74) is 6.98. The Balaban J connectivity index is 1.71. The number of imidazole rings is 1. The quantitative estimate of drug-likeness (QED) is 0.307. The second-order valence-electron chi connectivity index (χ2n) is 8.41. The van der Waals surface area contributed by atoms with Gasteiger partial charge in [0, 0.05) is 33.6 Å². The molecular weight excluding hydrogens is 481 g/mol. The first-order chi connectivity index (χ1) is 17.0. The van der Waals surface area contributed by atoms with Gasteiger partial charge in [-0.05, 0) is 53.1 Å². The Morgan fingerprint density at radius 3 is 2.37 bits per heavy atom. The van der Waals surface area contributed by atoms with E-state index in [1.165, 1.54) is 0 Å². The number of aliphatic hydroxyl groups is 1. The summed E-state index contributed by atoms with van der Waals surface area (Å²) < 4.78 is 3.79. The van der Waals surface area contributed by atoms with Crippen molar-refractivity contribution in [1.29, 1.82) is 0 Å². The largest absolute Gasteiger partial charge is 0.384 e. The standard InChI is InChI=1S/C27H19Cl2N5O/c1-33-15-30-13-23(33)26-24-14-31-32-34(24)22-10-7-18(27(35)16-5-8-19(28)9-6-16)12-21(22)25(26)17-3-2-4-20(29)11-17/h2-15,27,35H,1H3. The van der Waals surface area contributed by atoms with Crippen LogP contribution in [0, 0.1) is 0 Å². The van der Waals surface area contributed by atoms with Crippen molar-refractivity contribution in [2.45, 2.75) is 6.10 Å². The molecule has 35 heavy (non-hydrogen) atoms. The minimum absolute atomic E-state index is 0.622. The summed E-state index contributed by atoms with van der Waals surface area (Å²) in [7, 11) is 1.95. The highest BCUT2D eigenvalue weighted by molar-refractivity contribution is 6.31. The van der Waals surface area contributed by atoms with Crippen LogP contribution in [0.2, 0.25) is 10.0 Å². The van der Waals surface area contributed by atoms with Crippen LogP contribution in [0.4, 0.5) is 0 Å². The van der Waals surface area contributed by atoms with E-state index < -0.39 is 6.10 Å². The maximum absolute atomic E-state index is 11.2. The summed E-state index contributed by atoms with van der Waals surface area (Å²) in [6.07, 6.45) is 4.53. The molecule has 0 aliphatic carbocycles. The Kier molecular flexibility index (Phi) is 5.29. The number of pyridine rings is 1. The molecule has 172 valence electrons. The van der Waals surface area contributed by atoms with E-state index >= 15 is 0 Å². The predicted octanol–water partition coefficient (Wildman–Crippen LogP) is 6.34. The van der Waals surface area contributed by atoms with Gasteiger partial charge in [-0.3, -0.25) is 0 Å². The van der Waals surface area contributed by atoms with Crippen LogP contribution in [0.25, 0.3) is 38.8 Å². The van der Waals surface area contributed by atoms with E-state index in [-0.39, 0.29) is 0 Å². The van der Waals surface area contributed by atoms with Crippen LogP contribution in [0.3, 0.4) is 0 Å². The zero-order chi connectivity index (χ0) is 24.1. The average molecular weight is 500 g/mol. The monoisotopic (exact) mass is 499 g/mol. The number of aryl methyl sites for hydroxylation is 1. The molecule has 6 nitrogen and oxygen atoms in total. The van der Waals surface area contributed by atoms with Crippen LogP contribution < -0.4 is 0 Å². The Bertz CT molecular complexity index is 1710. The summed E-state index contributed by atoms with van der Waals surface area (Å²) in [6, 6.07) is 20.9. The highest BCUT2D eigenvalue weighted by atomic mass is 35.5. The summed E-state index contributed by atoms with van der Waals surface area (Å²) in [6.45, 7) is 0. The van der Waals surface area contributed by atoms with E-state index in [4.69, 9.17) is 23.2 Å². The van der Waals surface area contributed by atoms with Gasteiger partial charge >= 0.3 is 0 Å². The highest BCUT2D eigenvalue weighted by Crippen LogP contribution is 2.42. The van der Waals surface area contributed by atoms with Crippen LogP contribution in [-0.2, 0) is 7.05 Å². The number of nitrogens with zero attached hydrogens (tertiary/aromatic N) is 5. The lowest BCUT2D eigenvalue weighted by atomic mass is 9.91. The lowest BCUT2D eigenvalue weighted by Gasteiger charge is -2.18. The van der Waals surface area contributed by atoms with Crippen LogP contribution >= 0.6 is 23.2 Å². The van der Waals surface area contributed by atoms with E-state index in [0.717, 1.165) is 49.9 Å². The maximum Gasteiger partial charge on any atom is 0.104 e. The number of hydrogen-bond donors (Lipinski definition) is 1. The summed E-state index contributed by atoms with van der Waals surface area (Å²) in [5.74, 6) is 0. The normalized spacial score (nSPS) is 12.5. The molecule has 0 radical (unpaired) electrons. The van der Waals surface area contributed by atoms with E-state index in [9.17, 15) is 5.11 Å². The molecule has 0 amide bonds. The Labute approximate surface area is 211 Å². The molecule has 1 N–H and O–H groups in total. The van der Waals surface area contributed by atoms with Gasteiger partial charge < -0.3 is 9.67 Å². The molecule has 3 heterocycles. The molecule has 8 heteroatoms. The van der Waals surface area contributed by atoms with Crippen molar-refractivity contribution in [3.05, 3.63) is 107 Å². The van der Waals surface area contributed by atoms with Crippen LogP contribution in [0.5, 0.6) is 0 Å². The van der Waals surface area contributed by atoms with Gasteiger partial charge in [-0.15, -0.1) is 5.10 Å². The number of rotatable bonds is 4. The molecule has 1 unspecified atom stereocenters. The van der Waals surface area contributed by atoms with Gasteiger partial charge in [0.25, 0.3) is 0 Å². The zero-order valence-corrected chi connectivity index (χ0v) is 20.1. The molecule has 0 spiro atoms. The first-order valence-corrected chi connectivity index (χ1v) is 11.7. The van der Waals surface area contributed by atoms with Crippen molar-refractivity contribution < 1.29 is 5.11 Å². The number of aromatic nitrogens is 5. The van der Waals surface area contributed by atoms with E-state index in [1.807, 2.05) is 76.9 Å². The number of halogens is 2. The van der Waals surface area contributed by atoms with Gasteiger partial charge in [0.05, 0.1) is 35.4 Å².